The molecule has 0 aliphatic rings. The van der Waals surface area contributed by atoms with E-state index in [9.17, 15) is 0 Å². The van der Waals surface area contributed by atoms with Crippen LogP contribution >= 0.6 is 0 Å². The number of hydrogen-bond donors (Lipinski definition) is 0. The van der Waals surface area contributed by atoms with E-state index in [2.05, 4.69) is 45.0 Å². The van der Waals surface area contributed by atoms with E-state index in [4.69, 9.17) is 4.74 Å². The highest BCUT2D eigenvalue weighted by molar-refractivity contribution is 5.97. The van der Waals surface area contributed by atoms with Gasteiger partial charge in [-0.15, -0.1) is 0 Å². The largest absolute Gasteiger partial charge is 0.496 e. The van der Waals surface area contributed by atoms with Gasteiger partial charge in [0.05, 0.1) is 7.11 Å². The Morgan fingerprint density at radius 1 is 0.882 bits per heavy atom. The quantitative estimate of drug-likeness (QED) is 0.723. The minimum absolute atomic E-state index is 0.936. The molecule has 2 aromatic rings. The Morgan fingerprint density at radius 3 is 2.12 bits per heavy atom. The predicted molar refractivity (Wildman–Crippen MR) is 74.4 cm³/mol. The topological polar surface area (TPSA) is 9.23 Å². The van der Waals surface area contributed by atoms with Crippen molar-refractivity contribution in [1.82, 2.24) is 0 Å². The summed E-state index contributed by atoms with van der Waals surface area (Å²) in [5.41, 5.74) is 3.98. The van der Waals surface area contributed by atoms with Gasteiger partial charge in [0.1, 0.15) is 5.75 Å². The molecule has 1 heteroatoms. The molecule has 0 aromatic heterocycles. The summed E-state index contributed by atoms with van der Waals surface area (Å²) < 4.78 is 5.41. The van der Waals surface area contributed by atoms with Gasteiger partial charge in [0.25, 0.3) is 0 Å². The number of methoxy groups -OCH3 is 1. The molecule has 17 heavy (non-hydrogen) atoms. The highest BCUT2D eigenvalue weighted by atomic mass is 16.5. The van der Waals surface area contributed by atoms with Crippen molar-refractivity contribution in [2.45, 2.75) is 20.8 Å². The van der Waals surface area contributed by atoms with Crippen LogP contribution in [0.25, 0.3) is 16.3 Å². The van der Waals surface area contributed by atoms with Gasteiger partial charge in [-0.05, 0) is 43.4 Å². The Hall–Kier alpha value is -1.76. The van der Waals surface area contributed by atoms with Crippen LogP contribution in [0.1, 0.15) is 26.3 Å². The Kier molecular flexibility index (Phi) is 3.19. The maximum absolute atomic E-state index is 5.41. The molecule has 0 amide bonds. The minimum Gasteiger partial charge on any atom is -0.496 e. The number of hydrogen-bond acceptors (Lipinski definition) is 1. The van der Waals surface area contributed by atoms with Gasteiger partial charge in [-0.3, -0.25) is 0 Å². The highest BCUT2D eigenvalue weighted by Crippen LogP contribution is 2.32. The Labute approximate surface area is 103 Å². The van der Waals surface area contributed by atoms with Gasteiger partial charge in [-0.25, -0.2) is 0 Å². The molecule has 0 aliphatic heterocycles. The van der Waals surface area contributed by atoms with Crippen LogP contribution in [0.5, 0.6) is 5.75 Å². The highest BCUT2D eigenvalue weighted by Gasteiger charge is 2.07. The van der Waals surface area contributed by atoms with Crippen molar-refractivity contribution in [3.63, 3.8) is 0 Å². The average molecular weight is 226 g/mol. The van der Waals surface area contributed by atoms with Crippen molar-refractivity contribution in [3.8, 4) is 5.75 Å². The lowest BCUT2D eigenvalue weighted by Gasteiger charge is -2.12. The van der Waals surface area contributed by atoms with Crippen LogP contribution in [0.4, 0.5) is 0 Å². The van der Waals surface area contributed by atoms with E-state index in [1.54, 1.807) is 7.11 Å². The summed E-state index contributed by atoms with van der Waals surface area (Å²) in [5.74, 6) is 0.936. The molecule has 0 N–H and O–H groups in total. The monoisotopic (exact) mass is 226 g/mol. The molecule has 0 unspecified atom stereocenters. The van der Waals surface area contributed by atoms with Gasteiger partial charge in [-0.2, -0.15) is 0 Å². The van der Waals surface area contributed by atoms with Crippen LogP contribution in [-0.2, 0) is 0 Å². The molecule has 2 rings (SSSR count). The molecule has 0 heterocycles. The number of allylic oxidation sites excluding steroid dienone is 2. The first kappa shape index (κ1) is 11.7. The fourth-order valence-corrected chi connectivity index (χ4v) is 2.05. The zero-order chi connectivity index (χ0) is 12.4. The minimum atomic E-state index is 0.936. The maximum atomic E-state index is 5.41. The smallest absolute Gasteiger partial charge is 0.126 e. The Balaban J connectivity index is 2.80. The molecule has 0 radical (unpaired) electrons. The number of benzene rings is 2. The zero-order valence-electron chi connectivity index (χ0n) is 10.9. The fraction of sp³-hybridized carbons (Fsp3) is 0.250. The van der Waals surface area contributed by atoms with Crippen LogP contribution in [0.15, 0.2) is 42.0 Å². The third kappa shape index (κ3) is 2.05. The van der Waals surface area contributed by atoms with E-state index in [0.29, 0.717) is 0 Å². The van der Waals surface area contributed by atoms with E-state index >= 15 is 0 Å². The second kappa shape index (κ2) is 4.62. The molecule has 0 fully saturated rings. The zero-order valence-corrected chi connectivity index (χ0v) is 10.9. The molecule has 0 saturated carbocycles. The lowest BCUT2D eigenvalue weighted by atomic mass is 9.96. The molecule has 1 nitrogen and oxygen atoms in total. The van der Waals surface area contributed by atoms with Crippen molar-refractivity contribution in [2.24, 2.45) is 0 Å². The molecular weight excluding hydrogens is 208 g/mol. The second-order valence-corrected chi connectivity index (χ2v) is 4.49. The van der Waals surface area contributed by atoms with Crippen LogP contribution in [-0.4, -0.2) is 7.11 Å². The Bertz CT molecular complexity index is 575. The van der Waals surface area contributed by atoms with E-state index in [-0.39, 0.29) is 0 Å². The van der Waals surface area contributed by atoms with Crippen molar-refractivity contribution >= 4 is 16.3 Å². The summed E-state index contributed by atoms with van der Waals surface area (Å²) in [6, 6.07) is 12.6. The SMILES string of the molecule is COc1ccc(C(C)=C(C)C)c2ccccc12. The molecule has 0 aliphatic carbocycles. The first-order chi connectivity index (χ1) is 8.15. The number of fused-ring (bicyclic) bond motifs is 1. The number of rotatable bonds is 2. The standard InChI is InChI=1S/C16H18O/c1-11(2)12(3)13-9-10-16(17-4)15-8-6-5-7-14(13)15/h5-10H,1-4H3. The summed E-state index contributed by atoms with van der Waals surface area (Å²) in [4.78, 5) is 0. The third-order valence-electron chi connectivity index (χ3n) is 3.26. The first-order valence-corrected chi connectivity index (χ1v) is 5.85. The van der Waals surface area contributed by atoms with Crippen LogP contribution in [0, 0.1) is 0 Å². The molecule has 0 saturated heterocycles. The molecular formula is C16H18O. The summed E-state index contributed by atoms with van der Waals surface area (Å²) in [6.07, 6.45) is 0. The summed E-state index contributed by atoms with van der Waals surface area (Å²) in [6.45, 7) is 6.46. The van der Waals surface area contributed by atoms with Crippen LogP contribution < -0.4 is 4.74 Å². The maximum Gasteiger partial charge on any atom is 0.126 e. The summed E-state index contributed by atoms with van der Waals surface area (Å²) in [7, 11) is 1.72. The second-order valence-electron chi connectivity index (χ2n) is 4.49. The van der Waals surface area contributed by atoms with E-state index in [1.165, 1.54) is 27.5 Å². The van der Waals surface area contributed by atoms with E-state index in [1.807, 2.05) is 12.1 Å². The van der Waals surface area contributed by atoms with Gasteiger partial charge in [0.15, 0.2) is 0 Å². The van der Waals surface area contributed by atoms with E-state index < -0.39 is 0 Å². The molecule has 2 aromatic carbocycles. The lowest BCUT2D eigenvalue weighted by molar-refractivity contribution is 0.420. The fourth-order valence-electron chi connectivity index (χ4n) is 2.05. The molecule has 0 bridgehead atoms. The summed E-state index contributed by atoms with van der Waals surface area (Å²) in [5, 5.41) is 2.43. The normalized spacial score (nSPS) is 10.4. The van der Waals surface area contributed by atoms with E-state index in [0.717, 1.165) is 5.75 Å². The third-order valence-corrected chi connectivity index (χ3v) is 3.26. The van der Waals surface area contributed by atoms with Gasteiger partial charge >= 0.3 is 0 Å². The molecule has 0 atom stereocenters. The van der Waals surface area contributed by atoms with Gasteiger partial charge < -0.3 is 4.74 Å². The average Bonchev–Trinajstić information content (AvgIpc) is 2.36. The number of ether oxygens (including phenoxy) is 1. The first-order valence-electron chi connectivity index (χ1n) is 5.85. The van der Waals surface area contributed by atoms with Gasteiger partial charge in [0, 0.05) is 5.39 Å². The molecule has 0 spiro atoms. The van der Waals surface area contributed by atoms with Crippen LogP contribution in [0.3, 0.4) is 0 Å². The van der Waals surface area contributed by atoms with Gasteiger partial charge in [-0.1, -0.05) is 35.9 Å². The van der Waals surface area contributed by atoms with Crippen molar-refractivity contribution in [2.75, 3.05) is 7.11 Å². The van der Waals surface area contributed by atoms with Crippen molar-refractivity contribution < 1.29 is 4.74 Å². The predicted octanol–water partition coefficient (Wildman–Crippen LogP) is 4.66. The van der Waals surface area contributed by atoms with Crippen LogP contribution in [0.2, 0.25) is 0 Å². The Morgan fingerprint density at radius 2 is 1.53 bits per heavy atom. The summed E-state index contributed by atoms with van der Waals surface area (Å²) >= 11 is 0. The van der Waals surface area contributed by atoms with Crippen molar-refractivity contribution in [1.29, 1.82) is 0 Å². The lowest BCUT2D eigenvalue weighted by Crippen LogP contribution is -1.89. The van der Waals surface area contributed by atoms with Crippen molar-refractivity contribution in [3.05, 3.63) is 47.5 Å². The molecule has 88 valence electrons. The van der Waals surface area contributed by atoms with Gasteiger partial charge in [0.2, 0.25) is 0 Å².